The summed E-state index contributed by atoms with van der Waals surface area (Å²) >= 11 is 27.3. The summed E-state index contributed by atoms with van der Waals surface area (Å²) in [6, 6.07) is 0. The van der Waals surface area contributed by atoms with Crippen molar-refractivity contribution in [3.8, 4) is 0 Å². The van der Waals surface area contributed by atoms with E-state index in [1.807, 2.05) is 0 Å². The lowest BCUT2D eigenvalue weighted by atomic mass is 9.99. The first-order valence-corrected chi connectivity index (χ1v) is 6.10. The standard InChI is InChI=1S/C6HIS5/c7-1-2(8)4(10)6(12)5(11)3(1)9/h1H. The molecule has 1 aliphatic carbocycles. The van der Waals surface area contributed by atoms with Gasteiger partial charge in [0, 0.05) is 0 Å². The van der Waals surface area contributed by atoms with E-state index < -0.39 is 0 Å². The minimum absolute atomic E-state index is 0.0284. The normalized spacial score (nSPS) is 20.6. The van der Waals surface area contributed by atoms with Gasteiger partial charge in [-0.15, -0.1) is 0 Å². The molecule has 0 saturated heterocycles. The van der Waals surface area contributed by atoms with Crippen molar-refractivity contribution in [2.75, 3.05) is 0 Å². The van der Waals surface area contributed by atoms with Gasteiger partial charge in [-0.25, -0.2) is 0 Å². The number of thiocarbonyl (C=S) groups is 5. The van der Waals surface area contributed by atoms with Crippen molar-refractivity contribution in [3.05, 3.63) is 0 Å². The fourth-order valence-electron chi connectivity index (χ4n) is 0.676. The first kappa shape index (κ1) is 11.3. The van der Waals surface area contributed by atoms with E-state index in [0.29, 0.717) is 24.3 Å². The molecule has 0 aliphatic heterocycles. The predicted molar refractivity (Wildman–Crippen MR) is 80.8 cm³/mol. The molecule has 62 valence electrons. The summed E-state index contributed by atoms with van der Waals surface area (Å²) in [6.07, 6.45) is 0. The lowest BCUT2D eigenvalue weighted by molar-refractivity contribution is 1.88. The molecule has 12 heavy (non-hydrogen) atoms. The largest absolute Gasteiger partial charge is 0.0842 e. The van der Waals surface area contributed by atoms with Crippen LogP contribution in [0.4, 0.5) is 0 Å². The van der Waals surface area contributed by atoms with Gasteiger partial charge in [-0.05, 0) is 0 Å². The molecule has 1 fully saturated rings. The third-order valence-electron chi connectivity index (χ3n) is 1.32. The summed E-state index contributed by atoms with van der Waals surface area (Å²) in [7, 11) is 0. The van der Waals surface area contributed by atoms with Crippen molar-refractivity contribution >= 4 is 108 Å². The van der Waals surface area contributed by atoms with Crippen LogP contribution in [0.5, 0.6) is 0 Å². The smallest absolute Gasteiger partial charge is 0.0817 e. The molecule has 0 atom stereocenters. The van der Waals surface area contributed by atoms with E-state index in [4.69, 9.17) is 61.1 Å². The van der Waals surface area contributed by atoms with E-state index in [2.05, 4.69) is 22.6 Å². The summed E-state index contributed by atoms with van der Waals surface area (Å²) < 4.78 is -0.0284. The summed E-state index contributed by atoms with van der Waals surface area (Å²) in [4.78, 5) is 2.82. The minimum Gasteiger partial charge on any atom is -0.0817 e. The molecule has 0 unspecified atom stereocenters. The zero-order valence-electron chi connectivity index (χ0n) is 5.50. The van der Waals surface area contributed by atoms with E-state index in [0.717, 1.165) is 0 Å². The molecule has 0 radical (unpaired) electrons. The summed E-state index contributed by atoms with van der Waals surface area (Å²) in [6.45, 7) is 0. The van der Waals surface area contributed by atoms with Crippen LogP contribution < -0.4 is 0 Å². The SMILES string of the molecule is S=C1C(=S)C(=S)C(I)C(=S)C1=S. The molecule has 0 aromatic rings. The quantitative estimate of drug-likeness (QED) is 0.369. The highest BCUT2D eigenvalue weighted by atomic mass is 127. The summed E-state index contributed by atoms with van der Waals surface area (Å²) in [5.41, 5.74) is 0. The van der Waals surface area contributed by atoms with Gasteiger partial charge >= 0.3 is 0 Å². The molecule has 0 N–H and O–H groups in total. The molecular weight excluding hydrogens is 359 g/mol. The van der Waals surface area contributed by atoms with Crippen LogP contribution in [0.15, 0.2) is 0 Å². The highest BCUT2D eigenvalue weighted by Gasteiger charge is 2.32. The maximum atomic E-state index is 5.07. The van der Waals surface area contributed by atoms with Gasteiger partial charge in [-0.2, -0.15) is 0 Å². The lowest BCUT2D eigenvalue weighted by Gasteiger charge is -2.21. The van der Waals surface area contributed by atoms with Gasteiger partial charge in [0.15, 0.2) is 0 Å². The lowest BCUT2D eigenvalue weighted by Crippen LogP contribution is -2.45. The molecule has 0 amide bonds. The third-order valence-corrected chi connectivity index (χ3v) is 6.06. The van der Waals surface area contributed by atoms with Crippen LogP contribution in [-0.2, 0) is 0 Å². The average Bonchev–Trinajstić information content (AvgIpc) is 2.08. The van der Waals surface area contributed by atoms with E-state index in [-0.39, 0.29) is 3.92 Å². The topological polar surface area (TPSA) is 0 Å². The number of rotatable bonds is 0. The Morgan fingerprint density at radius 1 is 0.750 bits per heavy atom. The Morgan fingerprint density at radius 3 is 1.42 bits per heavy atom. The zero-order valence-corrected chi connectivity index (χ0v) is 11.7. The monoisotopic (exact) mass is 360 g/mol. The van der Waals surface area contributed by atoms with Crippen LogP contribution in [0, 0.1) is 0 Å². The van der Waals surface area contributed by atoms with Crippen molar-refractivity contribution in [3.63, 3.8) is 0 Å². The Labute approximate surface area is 111 Å². The van der Waals surface area contributed by atoms with Gasteiger partial charge in [0.25, 0.3) is 0 Å². The van der Waals surface area contributed by atoms with E-state index >= 15 is 0 Å². The fraction of sp³-hybridized carbons (Fsp3) is 0.167. The molecule has 0 nitrogen and oxygen atoms in total. The maximum absolute atomic E-state index is 5.07. The van der Waals surface area contributed by atoms with Gasteiger partial charge in [0.05, 0.1) is 28.2 Å². The number of hydrogen-bond donors (Lipinski definition) is 0. The number of hydrogen-bond acceptors (Lipinski definition) is 5. The zero-order chi connectivity index (χ0) is 9.46. The first-order chi connectivity index (χ1) is 5.46. The molecule has 1 aliphatic rings. The average molecular weight is 360 g/mol. The van der Waals surface area contributed by atoms with E-state index in [1.54, 1.807) is 0 Å². The molecule has 1 saturated carbocycles. The highest BCUT2D eigenvalue weighted by Crippen LogP contribution is 2.17. The molecule has 0 aromatic heterocycles. The molecule has 0 heterocycles. The predicted octanol–water partition coefficient (Wildman–Crippen LogP) is 2.65. The van der Waals surface area contributed by atoms with Gasteiger partial charge < -0.3 is 0 Å². The van der Waals surface area contributed by atoms with Crippen molar-refractivity contribution in [2.45, 2.75) is 3.92 Å². The third kappa shape index (κ3) is 1.83. The first-order valence-electron chi connectivity index (χ1n) is 2.82. The summed E-state index contributed by atoms with van der Waals surface area (Å²) in [5, 5.41) is 0. The van der Waals surface area contributed by atoms with E-state index in [9.17, 15) is 0 Å². The van der Waals surface area contributed by atoms with Crippen LogP contribution in [0.2, 0.25) is 0 Å². The molecule has 0 aromatic carbocycles. The van der Waals surface area contributed by atoms with Gasteiger partial charge in [-0.3, -0.25) is 0 Å². The van der Waals surface area contributed by atoms with Crippen molar-refractivity contribution in [1.82, 2.24) is 0 Å². The van der Waals surface area contributed by atoms with Crippen LogP contribution in [0.25, 0.3) is 0 Å². The van der Waals surface area contributed by atoms with Crippen molar-refractivity contribution in [1.29, 1.82) is 0 Å². The number of halogens is 1. The Morgan fingerprint density at radius 2 is 1.08 bits per heavy atom. The second-order valence-electron chi connectivity index (χ2n) is 2.08. The Hall–Kier alpha value is 1.18. The Kier molecular flexibility index (Phi) is 3.88. The Balaban J connectivity index is 3.16. The summed E-state index contributed by atoms with van der Waals surface area (Å²) in [5.74, 6) is 0. The van der Waals surface area contributed by atoms with Gasteiger partial charge in [0.2, 0.25) is 0 Å². The Bertz CT molecular complexity index is 299. The van der Waals surface area contributed by atoms with Gasteiger partial charge in [0.1, 0.15) is 0 Å². The van der Waals surface area contributed by atoms with E-state index in [1.165, 1.54) is 0 Å². The van der Waals surface area contributed by atoms with Crippen LogP contribution in [-0.4, -0.2) is 28.2 Å². The minimum atomic E-state index is -0.0284. The second kappa shape index (κ2) is 4.14. The molecule has 6 heteroatoms. The number of alkyl halides is 1. The van der Waals surface area contributed by atoms with Crippen molar-refractivity contribution < 1.29 is 0 Å². The molecule has 1 rings (SSSR count). The highest BCUT2D eigenvalue weighted by molar-refractivity contribution is 14.1. The maximum Gasteiger partial charge on any atom is 0.0842 e. The molecular formula is C6HIS5. The van der Waals surface area contributed by atoms with Gasteiger partial charge in [-0.1, -0.05) is 83.7 Å². The molecule has 0 bridgehead atoms. The van der Waals surface area contributed by atoms with Crippen LogP contribution in [0.3, 0.4) is 0 Å². The second-order valence-corrected chi connectivity index (χ2v) is 5.43. The molecule has 0 spiro atoms. The van der Waals surface area contributed by atoms with Crippen LogP contribution in [0.1, 0.15) is 0 Å². The van der Waals surface area contributed by atoms with Crippen LogP contribution >= 0.6 is 83.7 Å². The fourth-order valence-corrected chi connectivity index (χ4v) is 3.09. The van der Waals surface area contributed by atoms with Crippen molar-refractivity contribution in [2.24, 2.45) is 0 Å².